The molecule has 1 aliphatic heterocycles. The molecule has 1 aromatic carbocycles. The Labute approximate surface area is 117 Å². The van der Waals surface area contributed by atoms with Crippen LogP contribution < -0.4 is 5.73 Å². The summed E-state index contributed by atoms with van der Waals surface area (Å²) in [5.41, 5.74) is 7.23. The highest BCUT2D eigenvalue weighted by molar-refractivity contribution is 5.19. The number of nitrogens with two attached hydrogens (primary N) is 1. The van der Waals surface area contributed by atoms with Crippen LogP contribution in [0.5, 0.6) is 0 Å². The van der Waals surface area contributed by atoms with E-state index in [9.17, 15) is 0 Å². The molecule has 1 heterocycles. The summed E-state index contributed by atoms with van der Waals surface area (Å²) in [7, 11) is 2.23. The molecular weight excluding hydrogens is 234 g/mol. The zero-order valence-corrected chi connectivity index (χ0v) is 12.4. The lowest BCUT2D eigenvalue weighted by molar-refractivity contribution is 0.0312. The van der Waals surface area contributed by atoms with Crippen molar-refractivity contribution in [2.24, 2.45) is 5.73 Å². The molecule has 3 atom stereocenters. The maximum absolute atomic E-state index is 5.83. The van der Waals surface area contributed by atoms with E-state index >= 15 is 0 Å². The number of nitrogens with zero attached hydrogens (tertiary/aromatic N) is 2. The van der Waals surface area contributed by atoms with Crippen LogP contribution in [-0.2, 0) is 0 Å². The summed E-state index contributed by atoms with van der Waals surface area (Å²) in [6, 6.07) is 12.5. The minimum Gasteiger partial charge on any atom is -0.330 e. The van der Waals surface area contributed by atoms with Gasteiger partial charge in [0.2, 0.25) is 0 Å². The van der Waals surface area contributed by atoms with Crippen molar-refractivity contribution in [2.45, 2.75) is 38.4 Å². The van der Waals surface area contributed by atoms with Crippen molar-refractivity contribution >= 4 is 0 Å². The van der Waals surface area contributed by atoms with Crippen LogP contribution in [0.3, 0.4) is 0 Å². The van der Waals surface area contributed by atoms with Gasteiger partial charge in [-0.1, -0.05) is 30.3 Å². The number of rotatable bonds is 4. The molecule has 0 aromatic heterocycles. The van der Waals surface area contributed by atoms with Crippen molar-refractivity contribution in [3.63, 3.8) is 0 Å². The molecule has 3 unspecified atom stereocenters. The molecule has 2 N–H and O–H groups in total. The molecule has 2 rings (SSSR count). The summed E-state index contributed by atoms with van der Waals surface area (Å²) in [5.74, 6) is 0. The van der Waals surface area contributed by atoms with Gasteiger partial charge in [-0.05, 0) is 39.4 Å². The molecule has 1 fully saturated rings. The van der Waals surface area contributed by atoms with Crippen molar-refractivity contribution in [1.82, 2.24) is 9.80 Å². The fraction of sp³-hybridized carbons (Fsp3) is 0.625. The minimum atomic E-state index is 0.463. The average molecular weight is 261 g/mol. The van der Waals surface area contributed by atoms with E-state index in [1.54, 1.807) is 0 Å². The smallest absolute Gasteiger partial charge is 0.0361 e. The largest absolute Gasteiger partial charge is 0.330 e. The maximum atomic E-state index is 5.83. The molecule has 1 aromatic rings. The van der Waals surface area contributed by atoms with Gasteiger partial charge in [0.15, 0.2) is 0 Å². The second-order valence-corrected chi connectivity index (χ2v) is 5.82. The maximum Gasteiger partial charge on any atom is 0.0361 e. The minimum absolute atomic E-state index is 0.463. The summed E-state index contributed by atoms with van der Waals surface area (Å²) >= 11 is 0. The first kappa shape index (κ1) is 14.5. The van der Waals surface area contributed by atoms with Gasteiger partial charge >= 0.3 is 0 Å². The Kier molecular flexibility index (Phi) is 4.97. The molecule has 0 saturated carbocycles. The molecule has 3 heteroatoms. The monoisotopic (exact) mass is 261 g/mol. The van der Waals surface area contributed by atoms with E-state index < -0.39 is 0 Å². The first-order chi connectivity index (χ1) is 9.13. The van der Waals surface area contributed by atoms with Gasteiger partial charge < -0.3 is 5.73 Å². The standard InChI is InChI=1S/C16H27N3/c1-13-11-19(12-14(2)18(13)3)16(9-10-17)15-7-5-4-6-8-15/h4-8,13-14,16H,9-12,17H2,1-3H3. The topological polar surface area (TPSA) is 32.5 Å². The van der Waals surface area contributed by atoms with Crippen molar-refractivity contribution in [3.8, 4) is 0 Å². The predicted molar refractivity (Wildman–Crippen MR) is 81.1 cm³/mol. The molecule has 0 amide bonds. The van der Waals surface area contributed by atoms with Crippen molar-refractivity contribution in [3.05, 3.63) is 35.9 Å². The van der Waals surface area contributed by atoms with Crippen molar-refractivity contribution < 1.29 is 0 Å². The summed E-state index contributed by atoms with van der Waals surface area (Å²) in [6.45, 7) is 7.62. The Morgan fingerprint density at radius 2 is 1.74 bits per heavy atom. The van der Waals surface area contributed by atoms with Gasteiger partial charge in [0, 0.05) is 31.2 Å². The molecule has 106 valence electrons. The molecular formula is C16H27N3. The fourth-order valence-electron chi connectivity index (χ4n) is 3.09. The summed E-state index contributed by atoms with van der Waals surface area (Å²) in [6.07, 6.45) is 1.03. The van der Waals surface area contributed by atoms with Crippen LogP contribution in [0.15, 0.2) is 30.3 Å². The second kappa shape index (κ2) is 6.51. The highest BCUT2D eigenvalue weighted by Gasteiger charge is 2.30. The van der Waals surface area contributed by atoms with Gasteiger partial charge in [-0.25, -0.2) is 0 Å². The van der Waals surface area contributed by atoms with Crippen LogP contribution in [0.1, 0.15) is 31.9 Å². The summed E-state index contributed by atoms with van der Waals surface area (Å²) in [5, 5.41) is 0. The van der Waals surface area contributed by atoms with E-state index in [0.717, 1.165) is 26.1 Å². The van der Waals surface area contributed by atoms with Gasteiger partial charge in [-0.3, -0.25) is 9.80 Å². The number of hydrogen-bond donors (Lipinski definition) is 1. The molecule has 1 aliphatic rings. The Morgan fingerprint density at radius 3 is 2.26 bits per heavy atom. The average Bonchev–Trinajstić information content (AvgIpc) is 2.42. The molecule has 0 radical (unpaired) electrons. The zero-order valence-electron chi connectivity index (χ0n) is 12.4. The third-order valence-corrected chi connectivity index (χ3v) is 4.45. The molecule has 19 heavy (non-hydrogen) atoms. The van der Waals surface area contributed by atoms with Crippen LogP contribution in [0.4, 0.5) is 0 Å². The Bertz CT molecular complexity index is 367. The third-order valence-electron chi connectivity index (χ3n) is 4.45. The van der Waals surface area contributed by atoms with E-state index in [1.807, 2.05) is 0 Å². The highest BCUT2D eigenvalue weighted by Crippen LogP contribution is 2.27. The number of hydrogen-bond acceptors (Lipinski definition) is 3. The lowest BCUT2D eigenvalue weighted by atomic mass is 9.98. The van der Waals surface area contributed by atoms with Crippen LogP contribution in [0.25, 0.3) is 0 Å². The first-order valence-electron chi connectivity index (χ1n) is 7.34. The van der Waals surface area contributed by atoms with Crippen LogP contribution in [-0.4, -0.2) is 48.6 Å². The van der Waals surface area contributed by atoms with E-state index in [2.05, 4.69) is 61.0 Å². The van der Waals surface area contributed by atoms with Gasteiger partial charge in [0.1, 0.15) is 0 Å². The highest BCUT2D eigenvalue weighted by atomic mass is 15.3. The molecule has 0 aliphatic carbocycles. The quantitative estimate of drug-likeness (QED) is 0.901. The van der Waals surface area contributed by atoms with Crippen LogP contribution in [0, 0.1) is 0 Å². The SMILES string of the molecule is CC1CN(C(CCN)c2ccccc2)CC(C)N1C. The summed E-state index contributed by atoms with van der Waals surface area (Å²) in [4.78, 5) is 5.08. The summed E-state index contributed by atoms with van der Waals surface area (Å²) < 4.78 is 0. The Morgan fingerprint density at radius 1 is 1.16 bits per heavy atom. The van der Waals surface area contributed by atoms with Gasteiger partial charge in [0.25, 0.3) is 0 Å². The van der Waals surface area contributed by atoms with Crippen LogP contribution >= 0.6 is 0 Å². The Balaban J connectivity index is 2.16. The van der Waals surface area contributed by atoms with Gasteiger partial charge in [0.05, 0.1) is 0 Å². The number of piperazine rings is 1. The van der Waals surface area contributed by atoms with E-state index in [4.69, 9.17) is 5.73 Å². The van der Waals surface area contributed by atoms with Crippen molar-refractivity contribution in [2.75, 3.05) is 26.7 Å². The normalized spacial score (nSPS) is 27.4. The third kappa shape index (κ3) is 3.35. The van der Waals surface area contributed by atoms with Gasteiger partial charge in [-0.15, -0.1) is 0 Å². The molecule has 1 saturated heterocycles. The van der Waals surface area contributed by atoms with E-state index in [1.165, 1.54) is 5.56 Å². The first-order valence-corrected chi connectivity index (χ1v) is 7.34. The molecule has 0 spiro atoms. The number of benzene rings is 1. The van der Waals surface area contributed by atoms with Gasteiger partial charge in [-0.2, -0.15) is 0 Å². The second-order valence-electron chi connectivity index (χ2n) is 5.82. The Hall–Kier alpha value is -0.900. The van der Waals surface area contributed by atoms with E-state index in [0.29, 0.717) is 18.1 Å². The lowest BCUT2D eigenvalue weighted by Gasteiger charge is -2.45. The predicted octanol–water partition coefficient (Wildman–Crippen LogP) is 2.10. The molecule has 3 nitrogen and oxygen atoms in total. The molecule has 0 bridgehead atoms. The lowest BCUT2D eigenvalue weighted by Crippen LogP contribution is -2.55. The van der Waals surface area contributed by atoms with Crippen molar-refractivity contribution in [1.29, 1.82) is 0 Å². The van der Waals surface area contributed by atoms with Crippen LogP contribution in [0.2, 0.25) is 0 Å². The number of likely N-dealkylation sites (N-methyl/N-ethyl adjacent to an activating group) is 1. The fourth-order valence-corrected chi connectivity index (χ4v) is 3.09. The van der Waals surface area contributed by atoms with E-state index in [-0.39, 0.29) is 0 Å². The zero-order chi connectivity index (χ0) is 13.8.